The van der Waals surface area contributed by atoms with Crippen molar-refractivity contribution in [2.75, 3.05) is 26.9 Å². The molecule has 0 spiro atoms. The van der Waals surface area contributed by atoms with Crippen molar-refractivity contribution < 1.29 is 27.8 Å². The minimum atomic E-state index is -4.41. The summed E-state index contributed by atoms with van der Waals surface area (Å²) in [5.74, 6) is -0.337. The van der Waals surface area contributed by atoms with Crippen LogP contribution >= 0.6 is 0 Å². The summed E-state index contributed by atoms with van der Waals surface area (Å²) in [6.07, 6.45) is -4.25. The Morgan fingerprint density at radius 3 is 2.63 bits per heavy atom. The van der Waals surface area contributed by atoms with Gasteiger partial charge >= 0.3 is 6.18 Å². The summed E-state index contributed by atoms with van der Waals surface area (Å²) >= 11 is 0. The van der Waals surface area contributed by atoms with Crippen LogP contribution in [0.1, 0.15) is 19.8 Å². The van der Waals surface area contributed by atoms with Crippen LogP contribution < -0.4 is 0 Å². The lowest BCUT2D eigenvalue weighted by atomic mass is 9.61. The van der Waals surface area contributed by atoms with E-state index >= 15 is 0 Å². The number of carbonyl (C=O) groups excluding carboxylic acids is 1. The normalized spacial score (nSPS) is 42.7. The molecule has 3 aliphatic rings. The number of ether oxygens (including phenoxy) is 1. The summed E-state index contributed by atoms with van der Waals surface area (Å²) in [5.41, 5.74) is -2.59. The number of halogens is 3. The van der Waals surface area contributed by atoms with Crippen LogP contribution in [-0.2, 0) is 9.53 Å². The summed E-state index contributed by atoms with van der Waals surface area (Å²) in [6.45, 7) is 0.841. The number of piperidine rings is 3. The van der Waals surface area contributed by atoms with Crippen LogP contribution in [-0.4, -0.2) is 60.4 Å². The minimum Gasteiger partial charge on any atom is -0.394 e. The van der Waals surface area contributed by atoms with Crippen LogP contribution in [0.3, 0.4) is 0 Å². The number of ketones is 1. The van der Waals surface area contributed by atoms with Gasteiger partial charge in [0.05, 0.1) is 13.2 Å². The van der Waals surface area contributed by atoms with E-state index in [9.17, 15) is 23.1 Å². The molecule has 2 bridgehead atoms. The highest BCUT2D eigenvalue weighted by Crippen LogP contribution is 2.51. The third kappa shape index (κ3) is 1.98. The highest BCUT2D eigenvalue weighted by atomic mass is 19.4. The van der Waals surface area contributed by atoms with Gasteiger partial charge in [0.15, 0.2) is 5.78 Å². The molecule has 3 saturated heterocycles. The molecule has 4 atom stereocenters. The maximum atomic E-state index is 13.1. The van der Waals surface area contributed by atoms with Crippen molar-refractivity contribution in [3.63, 3.8) is 0 Å². The minimum absolute atomic E-state index is 0.149. The summed E-state index contributed by atoms with van der Waals surface area (Å²) in [4.78, 5) is 13.6. The third-order valence-corrected chi connectivity index (χ3v) is 4.47. The van der Waals surface area contributed by atoms with Crippen molar-refractivity contribution in [1.29, 1.82) is 0 Å². The molecular formula is C12H18F3NO3. The summed E-state index contributed by atoms with van der Waals surface area (Å²) in [7, 11) is 1.32. The molecule has 0 radical (unpaired) electrons. The van der Waals surface area contributed by atoms with Crippen molar-refractivity contribution >= 4 is 5.78 Å². The number of fused-ring (bicyclic) bond motifs is 3. The van der Waals surface area contributed by atoms with E-state index in [4.69, 9.17) is 4.74 Å². The highest BCUT2D eigenvalue weighted by Gasteiger charge is 2.66. The maximum Gasteiger partial charge on any atom is 0.404 e. The smallest absolute Gasteiger partial charge is 0.394 e. The van der Waals surface area contributed by atoms with Gasteiger partial charge < -0.3 is 9.84 Å². The van der Waals surface area contributed by atoms with Gasteiger partial charge in [0.25, 0.3) is 0 Å². The molecule has 4 nitrogen and oxygen atoms in total. The van der Waals surface area contributed by atoms with E-state index in [0.717, 1.165) is 4.90 Å². The van der Waals surface area contributed by atoms with Crippen LogP contribution in [0.5, 0.6) is 0 Å². The van der Waals surface area contributed by atoms with Crippen molar-refractivity contribution in [1.82, 2.24) is 4.90 Å². The molecule has 3 fully saturated rings. The Morgan fingerprint density at radius 2 is 2.16 bits per heavy atom. The second-order valence-corrected chi connectivity index (χ2v) is 5.72. The molecule has 0 aromatic heterocycles. The highest BCUT2D eigenvalue weighted by molar-refractivity contribution is 5.95. The van der Waals surface area contributed by atoms with Crippen molar-refractivity contribution in [3.05, 3.63) is 0 Å². The van der Waals surface area contributed by atoms with E-state index in [1.54, 1.807) is 6.92 Å². The predicted molar refractivity (Wildman–Crippen MR) is 60.6 cm³/mol. The van der Waals surface area contributed by atoms with Crippen molar-refractivity contribution in [2.45, 2.75) is 37.5 Å². The Balaban J connectivity index is 2.47. The molecule has 4 unspecified atom stereocenters. The predicted octanol–water partition coefficient (Wildman–Crippen LogP) is 0.980. The van der Waals surface area contributed by atoms with E-state index in [2.05, 4.69) is 0 Å². The lowest BCUT2D eigenvalue weighted by Gasteiger charge is -2.59. The quantitative estimate of drug-likeness (QED) is 0.838. The molecule has 7 heteroatoms. The fourth-order valence-electron chi connectivity index (χ4n) is 3.46. The lowest BCUT2D eigenvalue weighted by molar-refractivity contribution is -0.244. The molecule has 0 aromatic rings. The fraction of sp³-hybridized carbons (Fsp3) is 0.917. The zero-order valence-corrected chi connectivity index (χ0v) is 11.0. The molecule has 0 aromatic carbocycles. The van der Waals surface area contributed by atoms with Gasteiger partial charge in [0, 0.05) is 19.1 Å². The number of hydrogen-bond acceptors (Lipinski definition) is 4. The summed E-state index contributed by atoms with van der Waals surface area (Å²) in [5, 5.41) is 9.55. The molecule has 0 amide bonds. The van der Waals surface area contributed by atoms with Gasteiger partial charge in [-0.1, -0.05) is 6.92 Å². The SMILES string of the molecule is COCC1(CO)C(=O)C2(C)CCN1C(C(F)(F)F)C2. The van der Waals surface area contributed by atoms with Crippen LogP contribution in [0, 0.1) is 5.41 Å². The molecular weight excluding hydrogens is 263 g/mol. The topological polar surface area (TPSA) is 49.8 Å². The molecule has 110 valence electrons. The first-order chi connectivity index (χ1) is 8.71. The van der Waals surface area contributed by atoms with Gasteiger partial charge in [0.2, 0.25) is 0 Å². The third-order valence-electron chi connectivity index (χ3n) is 4.47. The van der Waals surface area contributed by atoms with E-state index in [1.165, 1.54) is 7.11 Å². The van der Waals surface area contributed by atoms with Gasteiger partial charge in [-0.15, -0.1) is 0 Å². The summed E-state index contributed by atoms with van der Waals surface area (Å²) in [6, 6.07) is -1.69. The number of Topliss-reactive ketones (excluding diaryl/α,β-unsaturated/α-hetero) is 1. The van der Waals surface area contributed by atoms with E-state index in [1.807, 2.05) is 0 Å². The molecule has 1 N–H and O–H groups in total. The first-order valence-electron chi connectivity index (χ1n) is 6.19. The van der Waals surface area contributed by atoms with Gasteiger partial charge in [0.1, 0.15) is 11.6 Å². The molecule has 3 aliphatic heterocycles. The molecule has 3 heterocycles. The fourth-order valence-corrected chi connectivity index (χ4v) is 3.46. The zero-order valence-electron chi connectivity index (χ0n) is 11.0. The lowest BCUT2D eigenvalue weighted by Crippen LogP contribution is -2.76. The Kier molecular flexibility index (Phi) is 3.43. The van der Waals surface area contributed by atoms with Gasteiger partial charge in [-0.25, -0.2) is 0 Å². The number of hydrogen-bond donors (Lipinski definition) is 1. The van der Waals surface area contributed by atoms with Gasteiger partial charge in [-0.2, -0.15) is 13.2 Å². The Bertz CT molecular complexity index is 387. The number of aliphatic hydroxyl groups is 1. The number of methoxy groups -OCH3 is 1. The summed E-state index contributed by atoms with van der Waals surface area (Å²) < 4.78 is 44.3. The van der Waals surface area contributed by atoms with Gasteiger partial charge in [-0.05, 0) is 12.8 Å². The number of alkyl halides is 3. The van der Waals surface area contributed by atoms with Crippen LogP contribution in [0.25, 0.3) is 0 Å². The van der Waals surface area contributed by atoms with Crippen LogP contribution in [0.15, 0.2) is 0 Å². The molecule has 0 aliphatic carbocycles. The standard InChI is InChI=1S/C12H18F3NO3/c1-10-3-4-16(8(5-10)12(13,14)15)11(6-17,7-19-2)9(10)18/h8,17H,3-7H2,1-2H3. The monoisotopic (exact) mass is 281 g/mol. The Hall–Kier alpha value is -0.660. The molecule has 19 heavy (non-hydrogen) atoms. The van der Waals surface area contributed by atoms with E-state index in [0.29, 0.717) is 6.42 Å². The van der Waals surface area contributed by atoms with Crippen LogP contribution in [0.2, 0.25) is 0 Å². The second-order valence-electron chi connectivity index (χ2n) is 5.72. The molecule has 0 saturated carbocycles. The number of carbonyl (C=O) groups is 1. The van der Waals surface area contributed by atoms with Gasteiger partial charge in [-0.3, -0.25) is 9.69 Å². The van der Waals surface area contributed by atoms with Crippen molar-refractivity contribution in [3.8, 4) is 0 Å². The zero-order chi connectivity index (χ0) is 14.5. The first kappa shape index (κ1) is 14.7. The average Bonchev–Trinajstić information content (AvgIpc) is 2.33. The second kappa shape index (κ2) is 4.43. The maximum absolute atomic E-state index is 13.1. The largest absolute Gasteiger partial charge is 0.404 e. The number of aliphatic hydroxyl groups excluding tert-OH is 1. The van der Waals surface area contributed by atoms with Crippen molar-refractivity contribution in [2.24, 2.45) is 5.41 Å². The number of rotatable bonds is 3. The van der Waals surface area contributed by atoms with Crippen LogP contribution in [0.4, 0.5) is 13.2 Å². The molecule has 3 rings (SSSR count). The Labute approximate surface area is 109 Å². The van der Waals surface area contributed by atoms with E-state index in [-0.39, 0.29) is 25.4 Å². The average molecular weight is 281 g/mol. The first-order valence-corrected chi connectivity index (χ1v) is 6.19. The Morgan fingerprint density at radius 1 is 1.53 bits per heavy atom. The number of nitrogens with zero attached hydrogens (tertiary/aromatic N) is 1. The van der Waals surface area contributed by atoms with E-state index < -0.39 is 29.8 Å².